The highest BCUT2D eigenvalue weighted by Gasteiger charge is 2.20. The van der Waals surface area contributed by atoms with Gasteiger partial charge < -0.3 is 26.2 Å². The van der Waals surface area contributed by atoms with E-state index in [1.54, 1.807) is 0 Å². The molecule has 0 aliphatic rings. The van der Waals surface area contributed by atoms with Crippen molar-refractivity contribution in [2.75, 3.05) is 6.54 Å². The Labute approximate surface area is 181 Å². The maximum absolute atomic E-state index is 12.1. The van der Waals surface area contributed by atoms with Gasteiger partial charge in [-0.15, -0.1) is 0 Å². The second-order valence-electron chi connectivity index (χ2n) is 7.20. The van der Waals surface area contributed by atoms with Crippen LogP contribution in [0, 0.1) is 0 Å². The average Bonchev–Trinajstić information content (AvgIpc) is 2.77. The monoisotopic (exact) mass is 427 g/mol. The van der Waals surface area contributed by atoms with Crippen LogP contribution < -0.4 is 16.4 Å². The third-order valence-electron chi connectivity index (χ3n) is 4.60. The molecule has 8 nitrogen and oxygen atoms in total. The van der Waals surface area contributed by atoms with Crippen molar-refractivity contribution in [2.24, 2.45) is 5.73 Å². The molecule has 0 saturated heterocycles. The van der Waals surface area contributed by atoms with Gasteiger partial charge in [-0.3, -0.25) is 9.59 Å². The fourth-order valence-electron chi connectivity index (χ4n) is 2.96. The third kappa shape index (κ3) is 9.77. The first-order chi connectivity index (χ1) is 14.9. The van der Waals surface area contributed by atoms with Gasteiger partial charge in [-0.2, -0.15) is 0 Å². The number of aryl methyl sites for hydroxylation is 1. The summed E-state index contributed by atoms with van der Waals surface area (Å²) in [7, 11) is 0. The SMILES string of the molecule is NC(=O)[C@@H](CCCc1ccccc1)NC(=O)C[C@@H](O)CNC(=O)OCc1ccccc1. The molecule has 5 N–H and O–H groups in total. The van der Waals surface area contributed by atoms with Gasteiger partial charge in [0, 0.05) is 6.54 Å². The molecule has 0 bridgehead atoms. The van der Waals surface area contributed by atoms with Crippen LogP contribution in [0.1, 0.15) is 30.4 Å². The lowest BCUT2D eigenvalue weighted by atomic mass is 10.0. The lowest BCUT2D eigenvalue weighted by molar-refractivity contribution is -0.128. The zero-order valence-corrected chi connectivity index (χ0v) is 17.3. The van der Waals surface area contributed by atoms with Crippen LogP contribution in [-0.2, 0) is 27.4 Å². The normalized spacial score (nSPS) is 12.4. The molecule has 2 aromatic carbocycles. The van der Waals surface area contributed by atoms with Crippen molar-refractivity contribution in [1.29, 1.82) is 0 Å². The first-order valence-electron chi connectivity index (χ1n) is 10.2. The summed E-state index contributed by atoms with van der Waals surface area (Å²) in [5, 5.41) is 14.9. The van der Waals surface area contributed by atoms with Crippen LogP contribution in [-0.4, -0.2) is 41.7 Å². The molecule has 0 heterocycles. The van der Waals surface area contributed by atoms with Crippen LogP contribution >= 0.6 is 0 Å². The number of carbonyl (C=O) groups is 3. The number of carbonyl (C=O) groups excluding carboxylic acids is 3. The number of rotatable bonds is 12. The first kappa shape index (κ1) is 23.9. The number of hydrogen-bond acceptors (Lipinski definition) is 5. The molecule has 2 atom stereocenters. The molecule has 8 heteroatoms. The molecule has 0 aromatic heterocycles. The zero-order valence-electron chi connectivity index (χ0n) is 17.3. The number of hydrogen-bond donors (Lipinski definition) is 4. The minimum absolute atomic E-state index is 0.104. The van der Waals surface area contributed by atoms with E-state index in [1.165, 1.54) is 0 Å². The summed E-state index contributed by atoms with van der Waals surface area (Å²) in [5.74, 6) is -1.14. The lowest BCUT2D eigenvalue weighted by Gasteiger charge is -2.17. The minimum Gasteiger partial charge on any atom is -0.445 e. The fourth-order valence-corrected chi connectivity index (χ4v) is 2.96. The molecule has 0 aliphatic carbocycles. The lowest BCUT2D eigenvalue weighted by Crippen LogP contribution is -2.46. The molecule has 0 spiro atoms. The number of primary amides is 1. The van der Waals surface area contributed by atoms with E-state index >= 15 is 0 Å². The van der Waals surface area contributed by atoms with Crippen molar-refractivity contribution >= 4 is 17.9 Å². The predicted octanol–water partition coefficient (Wildman–Crippen LogP) is 1.66. The Morgan fingerprint density at radius 2 is 1.58 bits per heavy atom. The van der Waals surface area contributed by atoms with E-state index in [9.17, 15) is 19.5 Å². The molecule has 166 valence electrons. The van der Waals surface area contributed by atoms with Gasteiger partial charge in [0.1, 0.15) is 12.6 Å². The number of aliphatic hydroxyl groups excluding tert-OH is 1. The summed E-state index contributed by atoms with van der Waals surface area (Å²) >= 11 is 0. The molecule has 0 fully saturated rings. The minimum atomic E-state index is -1.12. The molecular weight excluding hydrogens is 398 g/mol. The Balaban J connectivity index is 1.66. The van der Waals surface area contributed by atoms with Crippen molar-refractivity contribution in [3.63, 3.8) is 0 Å². The van der Waals surface area contributed by atoms with Gasteiger partial charge in [0.2, 0.25) is 11.8 Å². The Hall–Kier alpha value is -3.39. The highest BCUT2D eigenvalue weighted by Crippen LogP contribution is 2.07. The second kappa shape index (κ2) is 13.0. The van der Waals surface area contributed by atoms with Gasteiger partial charge in [-0.05, 0) is 30.4 Å². The van der Waals surface area contributed by atoms with Crippen LogP contribution in [0.2, 0.25) is 0 Å². The van der Waals surface area contributed by atoms with E-state index in [1.807, 2.05) is 60.7 Å². The summed E-state index contributed by atoms with van der Waals surface area (Å²) in [6.07, 6.45) is -0.258. The largest absolute Gasteiger partial charge is 0.445 e. The topological polar surface area (TPSA) is 131 Å². The highest BCUT2D eigenvalue weighted by atomic mass is 16.5. The Morgan fingerprint density at radius 3 is 2.19 bits per heavy atom. The fraction of sp³-hybridized carbons (Fsp3) is 0.348. The number of nitrogens with two attached hydrogens (primary N) is 1. The van der Waals surface area contributed by atoms with E-state index in [0.29, 0.717) is 12.8 Å². The van der Waals surface area contributed by atoms with Gasteiger partial charge in [-0.25, -0.2) is 4.79 Å². The summed E-state index contributed by atoms with van der Waals surface area (Å²) < 4.78 is 5.04. The first-order valence-corrected chi connectivity index (χ1v) is 10.2. The maximum atomic E-state index is 12.1. The molecule has 31 heavy (non-hydrogen) atoms. The summed E-state index contributed by atoms with van der Waals surface area (Å²) in [4.78, 5) is 35.5. The van der Waals surface area contributed by atoms with Crippen LogP contribution in [0.5, 0.6) is 0 Å². The summed E-state index contributed by atoms with van der Waals surface area (Å²) in [5.41, 5.74) is 7.36. The average molecular weight is 428 g/mol. The predicted molar refractivity (Wildman–Crippen MR) is 116 cm³/mol. The smallest absolute Gasteiger partial charge is 0.407 e. The maximum Gasteiger partial charge on any atom is 0.407 e. The third-order valence-corrected chi connectivity index (χ3v) is 4.60. The van der Waals surface area contributed by atoms with Crippen molar-refractivity contribution in [1.82, 2.24) is 10.6 Å². The van der Waals surface area contributed by atoms with Gasteiger partial charge in [0.25, 0.3) is 0 Å². The van der Waals surface area contributed by atoms with Crippen LogP contribution in [0.3, 0.4) is 0 Å². The van der Waals surface area contributed by atoms with Crippen LogP contribution in [0.25, 0.3) is 0 Å². The van der Waals surface area contributed by atoms with Crippen molar-refractivity contribution in [3.05, 3.63) is 71.8 Å². The number of amides is 3. The second-order valence-corrected chi connectivity index (χ2v) is 7.20. The van der Waals surface area contributed by atoms with Crippen LogP contribution in [0.15, 0.2) is 60.7 Å². The zero-order chi connectivity index (χ0) is 22.5. The van der Waals surface area contributed by atoms with Gasteiger partial charge in [-0.1, -0.05) is 60.7 Å². The van der Waals surface area contributed by atoms with E-state index in [0.717, 1.165) is 17.5 Å². The molecule has 0 radical (unpaired) electrons. The van der Waals surface area contributed by atoms with E-state index in [4.69, 9.17) is 10.5 Å². The number of alkyl carbamates (subject to hydrolysis) is 1. The van der Waals surface area contributed by atoms with E-state index in [-0.39, 0.29) is 19.6 Å². The molecular formula is C23H29N3O5. The Kier molecular flexibility index (Phi) is 10.0. The number of aliphatic hydroxyl groups is 1. The summed E-state index contributed by atoms with van der Waals surface area (Å²) in [6, 6.07) is 18.1. The molecule has 3 amide bonds. The van der Waals surface area contributed by atoms with E-state index in [2.05, 4.69) is 10.6 Å². The quantitative estimate of drug-likeness (QED) is 0.409. The van der Waals surface area contributed by atoms with Crippen LogP contribution in [0.4, 0.5) is 4.79 Å². The number of benzene rings is 2. The molecule has 2 aromatic rings. The molecule has 0 unspecified atom stereocenters. The number of ether oxygens (including phenoxy) is 1. The van der Waals surface area contributed by atoms with Crippen molar-refractivity contribution in [2.45, 2.75) is 44.4 Å². The Bertz CT molecular complexity index is 830. The number of nitrogens with one attached hydrogen (secondary N) is 2. The van der Waals surface area contributed by atoms with Crippen molar-refractivity contribution in [3.8, 4) is 0 Å². The van der Waals surface area contributed by atoms with Gasteiger partial charge in [0.05, 0.1) is 12.5 Å². The molecule has 0 saturated carbocycles. The Morgan fingerprint density at radius 1 is 0.968 bits per heavy atom. The van der Waals surface area contributed by atoms with Gasteiger partial charge in [0.15, 0.2) is 0 Å². The molecule has 2 rings (SSSR count). The summed E-state index contributed by atoms with van der Waals surface area (Å²) in [6.45, 7) is -0.0528. The van der Waals surface area contributed by atoms with Gasteiger partial charge >= 0.3 is 6.09 Å². The highest BCUT2D eigenvalue weighted by molar-refractivity contribution is 5.86. The molecule has 0 aliphatic heterocycles. The van der Waals surface area contributed by atoms with Crippen molar-refractivity contribution < 1.29 is 24.2 Å². The van der Waals surface area contributed by atoms with E-state index < -0.39 is 30.1 Å². The standard InChI is InChI=1S/C23H29N3O5/c24-22(29)20(13-7-12-17-8-3-1-4-9-17)26-21(28)14-19(27)15-25-23(30)31-16-18-10-5-2-6-11-18/h1-6,8-11,19-20,27H,7,12-16H2,(H2,24,29)(H,25,30)(H,26,28)/t19-,20-/m1/s1.